The van der Waals surface area contributed by atoms with E-state index in [0.717, 1.165) is 25.9 Å². The highest BCUT2D eigenvalue weighted by atomic mass is 32.2. The first-order valence-corrected chi connectivity index (χ1v) is 10.8. The highest BCUT2D eigenvalue weighted by Crippen LogP contribution is 2.25. The van der Waals surface area contributed by atoms with Gasteiger partial charge in [0.15, 0.2) is 0 Å². The van der Waals surface area contributed by atoms with Crippen LogP contribution in [0.5, 0.6) is 5.75 Å². The van der Waals surface area contributed by atoms with Crippen molar-refractivity contribution in [2.45, 2.75) is 24.7 Å². The normalized spacial score (nSPS) is 17.2. The van der Waals surface area contributed by atoms with Gasteiger partial charge in [0.05, 0.1) is 17.7 Å². The lowest BCUT2D eigenvalue weighted by molar-refractivity contribution is 0.0683. The van der Waals surface area contributed by atoms with Crippen molar-refractivity contribution in [1.82, 2.24) is 4.90 Å². The molecule has 28 heavy (non-hydrogen) atoms. The quantitative estimate of drug-likeness (QED) is 0.769. The molecular weight excluding hydrogens is 376 g/mol. The Morgan fingerprint density at radius 1 is 1.18 bits per heavy atom. The van der Waals surface area contributed by atoms with E-state index in [1.165, 1.54) is 30.6 Å². The maximum absolute atomic E-state index is 12.9. The van der Waals surface area contributed by atoms with Crippen molar-refractivity contribution in [3.05, 3.63) is 54.1 Å². The molecule has 3 rings (SSSR count). The molecule has 7 heteroatoms. The molecule has 1 aliphatic heterocycles. The molecule has 6 nitrogen and oxygen atoms in total. The van der Waals surface area contributed by atoms with Crippen LogP contribution in [0.25, 0.3) is 0 Å². The molecule has 2 aromatic carbocycles. The maximum atomic E-state index is 12.9. The number of ether oxygens (including phenoxy) is 1. The largest absolute Gasteiger partial charge is 0.497 e. The summed E-state index contributed by atoms with van der Waals surface area (Å²) in [6.07, 6.45) is 2.13. The molecule has 0 unspecified atom stereocenters. The number of piperidine rings is 1. The maximum Gasteiger partial charge on any atom is 0.264 e. The number of carbonyl (C=O) groups is 1. The van der Waals surface area contributed by atoms with E-state index in [2.05, 4.69) is 6.92 Å². The summed E-state index contributed by atoms with van der Waals surface area (Å²) >= 11 is 0. The standard InChI is InChI=1S/C21H26N2O4S/c1-16-6-5-13-23(15-16)21(24)17-7-4-8-18(14-17)22(2)28(25,26)20-11-9-19(27-3)10-12-20/h4,7-12,14,16H,5-6,13,15H2,1-3H3/t16-/m1/s1. The van der Waals surface area contributed by atoms with E-state index in [1.54, 1.807) is 36.4 Å². The van der Waals surface area contributed by atoms with Gasteiger partial charge in [0.1, 0.15) is 5.75 Å². The van der Waals surface area contributed by atoms with Crippen molar-refractivity contribution < 1.29 is 17.9 Å². The van der Waals surface area contributed by atoms with Crippen molar-refractivity contribution >= 4 is 21.6 Å². The molecule has 1 aliphatic rings. The third kappa shape index (κ3) is 4.14. The Labute approximate surface area is 166 Å². The highest BCUT2D eigenvalue weighted by molar-refractivity contribution is 7.92. The van der Waals surface area contributed by atoms with Crippen molar-refractivity contribution in [2.24, 2.45) is 5.92 Å². The van der Waals surface area contributed by atoms with Gasteiger partial charge < -0.3 is 9.64 Å². The topological polar surface area (TPSA) is 66.9 Å². The van der Waals surface area contributed by atoms with E-state index in [9.17, 15) is 13.2 Å². The molecule has 0 N–H and O–H groups in total. The van der Waals surface area contributed by atoms with Crippen LogP contribution < -0.4 is 9.04 Å². The van der Waals surface area contributed by atoms with Crippen LogP contribution in [0.15, 0.2) is 53.4 Å². The highest BCUT2D eigenvalue weighted by Gasteiger charge is 2.25. The molecule has 0 aliphatic carbocycles. The molecule has 1 fully saturated rings. The second kappa shape index (κ2) is 8.22. The minimum absolute atomic E-state index is 0.0522. The molecule has 0 radical (unpaired) electrons. The number of methoxy groups -OCH3 is 1. The van der Waals surface area contributed by atoms with Crippen LogP contribution in [-0.2, 0) is 10.0 Å². The number of likely N-dealkylation sites (tertiary alicyclic amines) is 1. The van der Waals surface area contributed by atoms with E-state index in [0.29, 0.717) is 22.9 Å². The Hall–Kier alpha value is -2.54. The first kappa shape index (κ1) is 20.2. The van der Waals surface area contributed by atoms with E-state index in [4.69, 9.17) is 4.74 Å². The zero-order valence-corrected chi connectivity index (χ0v) is 17.3. The SMILES string of the molecule is COc1ccc(S(=O)(=O)N(C)c2cccc(C(=O)N3CCC[C@@H](C)C3)c2)cc1. The van der Waals surface area contributed by atoms with E-state index < -0.39 is 10.0 Å². The predicted molar refractivity (Wildman–Crippen MR) is 109 cm³/mol. The zero-order chi connectivity index (χ0) is 20.3. The number of amides is 1. The van der Waals surface area contributed by atoms with Gasteiger partial charge in [-0.2, -0.15) is 0 Å². The molecule has 0 aromatic heterocycles. The van der Waals surface area contributed by atoms with E-state index >= 15 is 0 Å². The Balaban J connectivity index is 1.84. The predicted octanol–water partition coefficient (Wildman–Crippen LogP) is 3.39. The summed E-state index contributed by atoms with van der Waals surface area (Å²) < 4.78 is 32.2. The van der Waals surface area contributed by atoms with Crippen LogP contribution in [0.2, 0.25) is 0 Å². The second-order valence-electron chi connectivity index (χ2n) is 7.20. The molecule has 1 saturated heterocycles. The molecule has 2 aromatic rings. The summed E-state index contributed by atoms with van der Waals surface area (Å²) in [4.78, 5) is 14.9. The van der Waals surface area contributed by atoms with Gasteiger partial charge in [-0.25, -0.2) is 8.42 Å². The monoisotopic (exact) mass is 402 g/mol. The van der Waals surface area contributed by atoms with Crippen LogP contribution in [0.1, 0.15) is 30.1 Å². The van der Waals surface area contributed by atoms with Crippen molar-refractivity contribution in [3.8, 4) is 5.75 Å². The lowest BCUT2D eigenvalue weighted by atomic mass is 9.99. The fourth-order valence-electron chi connectivity index (χ4n) is 3.44. The molecule has 0 bridgehead atoms. The summed E-state index contributed by atoms with van der Waals surface area (Å²) in [5, 5.41) is 0. The van der Waals surface area contributed by atoms with Gasteiger partial charge in [-0.1, -0.05) is 13.0 Å². The summed E-state index contributed by atoms with van der Waals surface area (Å²) in [5.41, 5.74) is 0.954. The van der Waals surface area contributed by atoms with Crippen molar-refractivity contribution in [2.75, 3.05) is 31.6 Å². The fraction of sp³-hybridized carbons (Fsp3) is 0.381. The molecule has 150 valence electrons. The Morgan fingerprint density at radius 2 is 1.89 bits per heavy atom. The fourth-order valence-corrected chi connectivity index (χ4v) is 4.62. The summed E-state index contributed by atoms with van der Waals surface area (Å²) in [7, 11) is -0.719. The third-order valence-corrected chi connectivity index (χ3v) is 6.92. The average Bonchev–Trinajstić information content (AvgIpc) is 2.72. The summed E-state index contributed by atoms with van der Waals surface area (Å²) in [5.74, 6) is 1.02. The van der Waals surface area contributed by atoms with Crippen LogP contribution in [0, 0.1) is 5.92 Å². The molecule has 1 heterocycles. The smallest absolute Gasteiger partial charge is 0.264 e. The number of anilines is 1. The number of nitrogens with zero attached hydrogens (tertiary/aromatic N) is 2. The Morgan fingerprint density at radius 3 is 2.54 bits per heavy atom. The Kier molecular flexibility index (Phi) is 5.93. The lowest BCUT2D eigenvalue weighted by Gasteiger charge is -2.31. The minimum atomic E-state index is -3.74. The molecule has 0 saturated carbocycles. The van der Waals surface area contributed by atoms with Crippen LogP contribution in [0.3, 0.4) is 0 Å². The average molecular weight is 403 g/mol. The van der Waals surface area contributed by atoms with Gasteiger partial charge in [0.2, 0.25) is 0 Å². The number of hydrogen-bond acceptors (Lipinski definition) is 4. The molecule has 1 atom stereocenters. The van der Waals surface area contributed by atoms with Crippen LogP contribution >= 0.6 is 0 Å². The van der Waals surface area contributed by atoms with Gasteiger partial charge in [-0.3, -0.25) is 9.10 Å². The number of carbonyl (C=O) groups excluding carboxylic acids is 1. The van der Waals surface area contributed by atoms with Gasteiger partial charge in [0.25, 0.3) is 15.9 Å². The first-order chi connectivity index (χ1) is 13.3. The Bertz CT molecular complexity index is 941. The van der Waals surface area contributed by atoms with E-state index in [-0.39, 0.29) is 10.8 Å². The molecule has 1 amide bonds. The second-order valence-corrected chi connectivity index (χ2v) is 9.17. The minimum Gasteiger partial charge on any atom is -0.497 e. The van der Waals surface area contributed by atoms with Gasteiger partial charge >= 0.3 is 0 Å². The van der Waals surface area contributed by atoms with Gasteiger partial charge in [-0.05, 0) is 61.2 Å². The zero-order valence-electron chi connectivity index (χ0n) is 16.5. The number of rotatable bonds is 5. The van der Waals surface area contributed by atoms with Gasteiger partial charge in [0, 0.05) is 25.7 Å². The van der Waals surface area contributed by atoms with Crippen LogP contribution in [0.4, 0.5) is 5.69 Å². The van der Waals surface area contributed by atoms with Gasteiger partial charge in [-0.15, -0.1) is 0 Å². The summed E-state index contributed by atoms with van der Waals surface area (Å²) in [6, 6.07) is 13.0. The number of benzene rings is 2. The molecular formula is C21H26N2O4S. The number of sulfonamides is 1. The lowest BCUT2D eigenvalue weighted by Crippen LogP contribution is -2.39. The first-order valence-electron chi connectivity index (χ1n) is 9.35. The van der Waals surface area contributed by atoms with E-state index in [1.807, 2.05) is 4.90 Å². The van der Waals surface area contributed by atoms with Crippen molar-refractivity contribution in [3.63, 3.8) is 0 Å². The van der Waals surface area contributed by atoms with Crippen LogP contribution in [-0.4, -0.2) is 46.5 Å². The third-order valence-electron chi connectivity index (χ3n) is 5.12. The molecule has 0 spiro atoms. The summed E-state index contributed by atoms with van der Waals surface area (Å²) in [6.45, 7) is 3.63. The van der Waals surface area contributed by atoms with Crippen molar-refractivity contribution in [1.29, 1.82) is 0 Å². The number of hydrogen-bond donors (Lipinski definition) is 0.